The maximum Gasteiger partial charge on any atom is 0.418 e. The molecule has 0 aliphatic rings. The van der Waals surface area contributed by atoms with E-state index in [-0.39, 0.29) is 11.3 Å². The molecule has 0 unspecified atom stereocenters. The molecule has 1 N–H and O–H groups in total. The molecule has 0 fully saturated rings. The molecule has 0 saturated heterocycles. The number of nitrogens with one attached hydrogen (secondary N) is 1. The van der Waals surface area contributed by atoms with Crippen molar-refractivity contribution in [3.05, 3.63) is 72.7 Å². The molecule has 0 amide bonds. The highest BCUT2D eigenvalue weighted by Gasteiger charge is 2.34. The van der Waals surface area contributed by atoms with E-state index in [2.05, 4.69) is 20.3 Å². The fraction of sp³-hybridized carbons (Fsp3) is 0.130. The van der Waals surface area contributed by atoms with Crippen molar-refractivity contribution in [3.63, 3.8) is 0 Å². The molecule has 0 bridgehead atoms. The third kappa shape index (κ3) is 4.47. The number of aromatic nitrogens is 3. The number of benzene rings is 2. The van der Waals surface area contributed by atoms with E-state index in [1.165, 1.54) is 43.2 Å². The number of pyridine rings is 1. The lowest BCUT2D eigenvalue weighted by atomic mass is 10.0. The van der Waals surface area contributed by atoms with Gasteiger partial charge in [0.25, 0.3) is 0 Å². The summed E-state index contributed by atoms with van der Waals surface area (Å²) in [5, 5.41) is 3.72. The fourth-order valence-corrected chi connectivity index (χ4v) is 4.36. The Labute approximate surface area is 187 Å². The van der Waals surface area contributed by atoms with Gasteiger partial charge in [0.15, 0.2) is 5.62 Å². The van der Waals surface area contributed by atoms with Gasteiger partial charge in [0.2, 0.25) is 0 Å². The molecule has 6 nitrogen and oxygen atoms in total. The molecule has 2 aromatic carbocycles. The molecular formula is C23H19F3N4O2S. The number of fused-ring (bicyclic) bond motifs is 1. The average Bonchev–Trinajstić information content (AvgIpc) is 2.78. The van der Waals surface area contributed by atoms with E-state index in [4.69, 9.17) is 0 Å². The second-order valence-electron chi connectivity index (χ2n) is 8.02. The van der Waals surface area contributed by atoms with Crippen molar-refractivity contribution in [3.8, 4) is 11.3 Å². The Kier molecular flexibility index (Phi) is 5.28. The Morgan fingerprint density at radius 1 is 0.970 bits per heavy atom. The van der Waals surface area contributed by atoms with Crippen LogP contribution < -0.4 is 5.32 Å². The largest absolute Gasteiger partial charge is 0.418 e. The zero-order valence-corrected chi connectivity index (χ0v) is 18.4. The van der Waals surface area contributed by atoms with Crippen molar-refractivity contribution in [1.29, 1.82) is 0 Å². The summed E-state index contributed by atoms with van der Waals surface area (Å²) in [6.07, 6.45) is 0.902. The molecule has 4 rings (SSSR count). The topological polar surface area (TPSA) is 84.8 Å². The minimum absolute atomic E-state index is 0.178. The molecule has 0 atom stereocenters. The molecule has 10 heteroatoms. The molecule has 0 aliphatic heterocycles. The minimum Gasteiger partial charge on any atom is -0.340 e. The molecule has 0 aliphatic carbocycles. The predicted molar refractivity (Wildman–Crippen MR) is 123 cm³/mol. The highest BCUT2D eigenvalue weighted by molar-refractivity contribution is 8.29. The van der Waals surface area contributed by atoms with Gasteiger partial charge in [0.1, 0.15) is 12.1 Å². The Balaban J connectivity index is 1.70. The number of nitrogens with zero attached hydrogens (tertiary/aromatic N) is 3. The van der Waals surface area contributed by atoms with Crippen LogP contribution in [-0.2, 0) is 20.0 Å². The van der Waals surface area contributed by atoms with Crippen molar-refractivity contribution < 1.29 is 22.2 Å². The maximum absolute atomic E-state index is 13.4. The smallest absolute Gasteiger partial charge is 0.340 e. The summed E-state index contributed by atoms with van der Waals surface area (Å²) in [7, 11) is -3.55. The SMILES string of the molecule is CS(C)(=O)(C=O)c1ccc(Nc2ncnc3cc(-c4ncccc4C(F)(F)F)ccc23)cc1. The van der Waals surface area contributed by atoms with Crippen molar-refractivity contribution in [2.45, 2.75) is 11.1 Å². The van der Waals surface area contributed by atoms with Crippen LogP contribution >= 0.6 is 0 Å². The number of carbonyl (C=O) groups is 1. The first-order chi connectivity index (χ1) is 15.5. The van der Waals surface area contributed by atoms with Gasteiger partial charge in [-0.2, -0.15) is 13.2 Å². The van der Waals surface area contributed by atoms with E-state index in [1.807, 2.05) is 0 Å². The van der Waals surface area contributed by atoms with Crippen LogP contribution in [0.25, 0.3) is 22.2 Å². The quantitative estimate of drug-likeness (QED) is 0.408. The molecule has 0 spiro atoms. The van der Waals surface area contributed by atoms with Gasteiger partial charge in [-0.3, -0.25) is 14.0 Å². The van der Waals surface area contributed by atoms with E-state index in [0.717, 1.165) is 6.07 Å². The van der Waals surface area contributed by atoms with E-state index in [0.29, 0.717) is 32.9 Å². The molecule has 2 aromatic heterocycles. The third-order valence-corrected chi connectivity index (χ3v) is 7.36. The van der Waals surface area contributed by atoms with Gasteiger partial charge < -0.3 is 5.32 Å². The number of halogens is 3. The Bertz CT molecular complexity index is 1430. The monoisotopic (exact) mass is 472 g/mol. The van der Waals surface area contributed by atoms with Crippen LogP contribution in [0, 0.1) is 0 Å². The summed E-state index contributed by atoms with van der Waals surface area (Å²) in [4.78, 5) is 24.1. The number of hydrogen-bond donors (Lipinski definition) is 1. The van der Waals surface area contributed by atoms with Gasteiger partial charge in [-0.1, -0.05) is 6.07 Å². The first-order valence-electron chi connectivity index (χ1n) is 9.69. The first kappa shape index (κ1) is 22.5. The number of carbonyl (C=O) groups excluding carboxylic acids is 1. The summed E-state index contributed by atoms with van der Waals surface area (Å²) < 4.78 is 52.9. The van der Waals surface area contributed by atoms with Gasteiger partial charge in [0, 0.05) is 40.2 Å². The zero-order chi connectivity index (χ0) is 23.9. The normalized spacial score (nSPS) is 13.3. The van der Waals surface area contributed by atoms with Gasteiger partial charge in [-0.25, -0.2) is 9.97 Å². The third-order valence-electron chi connectivity index (χ3n) is 5.12. The minimum atomic E-state index is -4.54. The van der Waals surface area contributed by atoms with E-state index >= 15 is 0 Å². The summed E-state index contributed by atoms with van der Waals surface area (Å²) in [5.41, 5.74) is 0.816. The second kappa shape index (κ2) is 7.73. The van der Waals surface area contributed by atoms with Crippen LogP contribution in [0.15, 0.2) is 72.0 Å². The summed E-state index contributed by atoms with van der Waals surface area (Å²) in [6.45, 7) is 0. The van der Waals surface area contributed by atoms with Crippen molar-refractivity contribution >= 4 is 37.1 Å². The maximum atomic E-state index is 13.4. The summed E-state index contributed by atoms with van der Waals surface area (Å²) in [6, 6.07) is 13.5. The molecule has 170 valence electrons. The van der Waals surface area contributed by atoms with Crippen molar-refractivity contribution in [2.75, 3.05) is 17.8 Å². The zero-order valence-electron chi connectivity index (χ0n) is 17.6. The van der Waals surface area contributed by atoms with Crippen LogP contribution in [0.2, 0.25) is 0 Å². The number of rotatable bonds is 5. The van der Waals surface area contributed by atoms with Gasteiger partial charge >= 0.3 is 6.18 Å². The summed E-state index contributed by atoms with van der Waals surface area (Å²) >= 11 is 0. The van der Waals surface area contributed by atoms with Crippen LogP contribution in [0.5, 0.6) is 0 Å². The molecule has 0 saturated carbocycles. The molecule has 0 radical (unpaired) electrons. The lowest BCUT2D eigenvalue weighted by Crippen LogP contribution is -2.30. The molecular weight excluding hydrogens is 453 g/mol. The molecule has 2 heterocycles. The number of hydrogen-bond acceptors (Lipinski definition) is 6. The molecule has 4 aromatic rings. The Morgan fingerprint density at radius 2 is 1.70 bits per heavy atom. The first-order valence-corrected chi connectivity index (χ1v) is 12.5. The number of anilines is 2. The second-order valence-corrected chi connectivity index (χ2v) is 12.5. The van der Waals surface area contributed by atoms with Crippen LogP contribution in [0.1, 0.15) is 5.56 Å². The highest BCUT2D eigenvalue weighted by Crippen LogP contribution is 2.37. The van der Waals surface area contributed by atoms with Crippen LogP contribution in [0.4, 0.5) is 24.7 Å². The Morgan fingerprint density at radius 3 is 2.36 bits per heavy atom. The predicted octanol–water partition coefficient (Wildman–Crippen LogP) is 5.08. The van der Waals surface area contributed by atoms with Crippen LogP contribution in [-0.4, -0.2) is 37.3 Å². The summed E-state index contributed by atoms with van der Waals surface area (Å²) in [5.74, 6) is 0.442. The van der Waals surface area contributed by atoms with E-state index < -0.39 is 20.8 Å². The average molecular weight is 472 g/mol. The lowest BCUT2D eigenvalue weighted by Gasteiger charge is -2.27. The van der Waals surface area contributed by atoms with Gasteiger partial charge in [-0.15, -0.1) is 0 Å². The van der Waals surface area contributed by atoms with Crippen LogP contribution in [0.3, 0.4) is 0 Å². The highest BCUT2D eigenvalue weighted by atomic mass is 32.3. The standard InChI is InChI=1S/C23H19F3N4O2S/c1-33(2,32,14-31)17-8-6-16(7-9-17)30-22-18-10-5-15(12-20(18)28-13-29-22)21-19(23(24,25)26)4-3-11-27-21/h3-14H,1-2H3,(H,28,29,30). The van der Waals surface area contributed by atoms with E-state index in [9.17, 15) is 22.2 Å². The fourth-order valence-electron chi connectivity index (χ4n) is 3.30. The van der Waals surface area contributed by atoms with Gasteiger partial charge in [-0.05, 0) is 57.6 Å². The molecule has 33 heavy (non-hydrogen) atoms. The number of alkyl halides is 3. The Hall–Kier alpha value is -3.66. The van der Waals surface area contributed by atoms with Gasteiger partial charge in [0.05, 0.1) is 16.8 Å². The van der Waals surface area contributed by atoms with Crippen molar-refractivity contribution in [1.82, 2.24) is 15.0 Å². The van der Waals surface area contributed by atoms with Crippen molar-refractivity contribution in [2.24, 2.45) is 0 Å². The lowest BCUT2D eigenvalue weighted by molar-refractivity contribution is -0.137. The van der Waals surface area contributed by atoms with E-state index in [1.54, 1.807) is 30.3 Å².